The van der Waals surface area contributed by atoms with E-state index in [-0.39, 0.29) is 13.7 Å². The Balaban J connectivity index is 0.00000200. The second-order valence-electron chi connectivity index (χ2n) is 9.15. The molecule has 0 bridgehead atoms. The molecule has 3 N–H and O–H groups in total. The molecular formula is C27H32N2O6S. The lowest BCUT2D eigenvalue weighted by Crippen LogP contribution is -2.35. The van der Waals surface area contributed by atoms with Crippen molar-refractivity contribution in [3.8, 4) is 16.9 Å². The van der Waals surface area contributed by atoms with Gasteiger partial charge in [-0.1, -0.05) is 30.3 Å². The summed E-state index contributed by atoms with van der Waals surface area (Å²) in [4.78, 5) is 13.6. The SMILES string of the molecule is CNS(=O)(=O)c1ccc(-c2cccc(NC(=O)C3(c4ccc5c(c4)C(O)(OC)CCO5)CC3)c2)cc1.[HH].[HH]. The van der Waals surface area contributed by atoms with Crippen LogP contribution in [0.15, 0.2) is 71.6 Å². The van der Waals surface area contributed by atoms with E-state index in [2.05, 4.69) is 10.0 Å². The van der Waals surface area contributed by atoms with Gasteiger partial charge in [0.2, 0.25) is 15.9 Å². The average Bonchev–Trinajstić information content (AvgIpc) is 3.71. The van der Waals surface area contributed by atoms with Gasteiger partial charge in [0.15, 0.2) is 5.79 Å². The molecule has 0 aromatic heterocycles. The summed E-state index contributed by atoms with van der Waals surface area (Å²) in [5.41, 5.74) is 3.00. The highest BCUT2D eigenvalue weighted by molar-refractivity contribution is 7.89. The predicted molar refractivity (Wildman–Crippen MR) is 139 cm³/mol. The molecule has 36 heavy (non-hydrogen) atoms. The van der Waals surface area contributed by atoms with Crippen molar-refractivity contribution in [1.29, 1.82) is 0 Å². The minimum atomic E-state index is -3.51. The summed E-state index contributed by atoms with van der Waals surface area (Å²) >= 11 is 0. The van der Waals surface area contributed by atoms with Crippen LogP contribution < -0.4 is 14.8 Å². The van der Waals surface area contributed by atoms with E-state index in [9.17, 15) is 18.3 Å². The fourth-order valence-electron chi connectivity index (χ4n) is 4.65. The molecule has 0 saturated heterocycles. The highest BCUT2D eigenvalue weighted by atomic mass is 32.2. The van der Waals surface area contributed by atoms with E-state index < -0.39 is 21.2 Å². The Morgan fingerprint density at radius 2 is 1.78 bits per heavy atom. The molecule has 0 radical (unpaired) electrons. The topological polar surface area (TPSA) is 114 Å². The zero-order valence-corrected chi connectivity index (χ0v) is 20.9. The molecule has 192 valence electrons. The van der Waals surface area contributed by atoms with Crippen LogP contribution in [0.1, 0.15) is 33.2 Å². The fourth-order valence-corrected chi connectivity index (χ4v) is 5.38. The molecule has 1 saturated carbocycles. The highest BCUT2D eigenvalue weighted by Crippen LogP contribution is 2.51. The lowest BCUT2D eigenvalue weighted by molar-refractivity contribution is -0.209. The third-order valence-electron chi connectivity index (χ3n) is 7.06. The lowest BCUT2D eigenvalue weighted by atomic mass is 9.89. The molecular weight excluding hydrogens is 480 g/mol. The molecule has 1 unspecified atom stereocenters. The van der Waals surface area contributed by atoms with Crippen LogP contribution in [0.25, 0.3) is 11.1 Å². The van der Waals surface area contributed by atoms with Crippen molar-refractivity contribution >= 4 is 21.6 Å². The molecule has 1 aliphatic carbocycles. The van der Waals surface area contributed by atoms with Crippen LogP contribution in [0.2, 0.25) is 0 Å². The number of rotatable bonds is 7. The molecule has 5 rings (SSSR count). The molecule has 8 nitrogen and oxygen atoms in total. The number of nitrogens with one attached hydrogen (secondary N) is 2. The molecule has 0 spiro atoms. The van der Waals surface area contributed by atoms with Gasteiger partial charge in [-0.05, 0) is 73.0 Å². The van der Waals surface area contributed by atoms with Crippen LogP contribution >= 0.6 is 0 Å². The number of hydrogen-bond donors (Lipinski definition) is 3. The number of aliphatic hydroxyl groups is 1. The highest BCUT2D eigenvalue weighted by Gasteiger charge is 2.52. The van der Waals surface area contributed by atoms with E-state index in [1.807, 2.05) is 36.4 Å². The maximum Gasteiger partial charge on any atom is 0.240 e. The minimum absolute atomic E-state index is 0. The summed E-state index contributed by atoms with van der Waals surface area (Å²) in [5.74, 6) is -0.994. The van der Waals surface area contributed by atoms with Gasteiger partial charge < -0.3 is 19.9 Å². The van der Waals surface area contributed by atoms with Crippen molar-refractivity contribution in [1.82, 2.24) is 4.72 Å². The Labute approximate surface area is 213 Å². The minimum Gasteiger partial charge on any atom is -0.493 e. The number of anilines is 1. The molecule has 1 atom stereocenters. The fraction of sp³-hybridized carbons (Fsp3) is 0.296. The van der Waals surface area contributed by atoms with Gasteiger partial charge in [-0.3, -0.25) is 4.79 Å². The Morgan fingerprint density at radius 1 is 1.03 bits per heavy atom. The van der Waals surface area contributed by atoms with Crippen LogP contribution in [-0.2, 0) is 30.8 Å². The summed E-state index contributed by atoms with van der Waals surface area (Å²) in [6, 6.07) is 19.5. The molecule has 3 aromatic rings. The van der Waals surface area contributed by atoms with E-state index in [0.29, 0.717) is 42.9 Å². The third kappa shape index (κ3) is 4.28. The van der Waals surface area contributed by atoms with Gasteiger partial charge in [-0.25, -0.2) is 13.1 Å². The number of fused-ring (bicyclic) bond motifs is 1. The lowest BCUT2D eigenvalue weighted by Gasteiger charge is -2.33. The maximum absolute atomic E-state index is 13.4. The number of hydrogen-bond acceptors (Lipinski definition) is 6. The standard InChI is InChI=1S/C27H28N2O6S.2H2/c1-28-36(32,33)22-9-6-18(7-10-22)19-4-3-5-21(16-19)29-25(30)26(12-13-26)20-8-11-24-23(17-20)27(31,34-2)14-15-35-24;;/h3-11,16-17,28,31H,12-15H2,1-2H3,(H,29,30);2*1H. The molecule has 1 amide bonds. The van der Waals surface area contributed by atoms with Crippen molar-refractivity contribution in [2.75, 3.05) is 26.1 Å². The summed E-state index contributed by atoms with van der Waals surface area (Å²) in [7, 11) is -0.678. The Kier molecular flexibility index (Phi) is 6.12. The first-order valence-electron chi connectivity index (χ1n) is 11.7. The number of sulfonamides is 1. The molecule has 1 aliphatic heterocycles. The number of carbonyl (C=O) groups excluding carboxylic acids is 1. The molecule has 2 aliphatic rings. The van der Waals surface area contributed by atoms with Crippen molar-refractivity contribution in [2.24, 2.45) is 0 Å². The van der Waals surface area contributed by atoms with Crippen molar-refractivity contribution < 1.29 is 30.6 Å². The summed E-state index contributed by atoms with van der Waals surface area (Å²) < 4.78 is 37.3. The molecule has 9 heteroatoms. The van der Waals surface area contributed by atoms with Gasteiger partial charge in [0.25, 0.3) is 0 Å². The predicted octanol–water partition coefficient (Wildman–Crippen LogP) is 4.00. The van der Waals surface area contributed by atoms with E-state index in [1.54, 1.807) is 30.3 Å². The van der Waals surface area contributed by atoms with Crippen LogP contribution in [0.4, 0.5) is 5.69 Å². The van der Waals surface area contributed by atoms with Gasteiger partial charge in [0.05, 0.1) is 22.5 Å². The van der Waals surface area contributed by atoms with Crippen molar-refractivity contribution in [3.05, 3.63) is 77.9 Å². The van der Waals surface area contributed by atoms with Crippen LogP contribution in [-0.4, -0.2) is 40.2 Å². The smallest absolute Gasteiger partial charge is 0.240 e. The van der Waals surface area contributed by atoms with Crippen LogP contribution in [0.3, 0.4) is 0 Å². The number of ether oxygens (including phenoxy) is 2. The Morgan fingerprint density at radius 3 is 2.44 bits per heavy atom. The van der Waals surface area contributed by atoms with Gasteiger partial charge in [-0.15, -0.1) is 0 Å². The van der Waals surface area contributed by atoms with Gasteiger partial charge in [-0.2, -0.15) is 0 Å². The largest absolute Gasteiger partial charge is 0.493 e. The zero-order chi connectivity index (χ0) is 25.6. The number of carbonyl (C=O) groups is 1. The average molecular weight is 513 g/mol. The van der Waals surface area contributed by atoms with Gasteiger partial charge in [0.1, 0.15) is 5.75 Å². The summed E-state index contributed by atoms with van der Waals surface area (Å²) in [5, 5.41) is 13.9. The Hall–Kier alpha value is -3.24. The zero-order valence-electron chi connectivity index (χ0n) is 20.1. The van der Waals surface area contributed by atoms with Gasteiger partial charge in [0, 0.05) is 22.1 Å². The summed E-state index contributed by atoms with van der Waals surface area (Å²) in [6.07, 6.45) is 1.71. The van der Waals surface area contributed by atoms with E-state index in [0.717, 1.165) is 16.7 Å². The second-order valence-corrected chi connectivity index (χ2v) is 11.0. The maximum atomic E-state index is 13.4. The first-order chi connectivity index (χ1) is 17.2. The van der Waals surface area contributed by atoms with E-state index >= 15 is 0 Å². The van der Waals surface area contributed by atoms with E-state index in [4.69, 9.17) is 9.47 Å². The number of benzene rings is 3. The molecule has 1 heterocycles. The number of methoxy groups -OCH3 is 1. The monoisotopic (exact) mass is 512 g/mol. The normalized spacial score (nSPS) is 20.2. The quantitative estimate of drug-likeness (QED) is 0.413. The van der Waals surface area contributed by atoms with Crippen LogP contribution in [0, 0.1) is 0 Å². The first kappa shape index (κ1) is 24.5. The third-order valence-corrected chi connectivity index (χ3v) is 8.49. The second kappa shape index (κ2) is 9.01. The van der Waals surface area contributed by atoms with Crippen molar-refractivity contribution in [2.45, 2.75) is 35.4 Å². The summed E-state index contributed by atoms with van der Waals surface area (Å²) in [6.45, 7) is 0.354. The molecule has 3 aromatic carbocycles. The van der Waals surface area contributed by atoms with Gasteiger partial charge >= 0.3 is 0 Å². The number of amides is 1. The van der Waals surface area contributed by atoms with Crippen LogP contribution in [0.5, 0.6) is 5.75 Å². The Bertz CT molecular complexity index is 1430. The first-order valence-corrected chi connectivity index (χ1v) is 13.2. The molecule has 1 fully saturated rings. The van der Waals surface area contributed by atoms with Crippen molar-refractivity contribution in [3.63, 3.8) is 0 Å². The van der Waals surface area contributed by atoms with E-state index in [1.165, 1.54) is 14.2 Å².